The van der Waals surface area contributed by atoms with Gasteiger partial charge in [0.05, 0.1) is 0 Å². The van der Waals surface area contributed by atoms with Crippen molar-refractivity contribution < 1.29 is 5.11 Å². The summed E-state index contributed by atoms with van der Waals surface area (Å²) in [4.78, 5) is 0. The molecule has 0 saturated carbocycles. The van der Waals surface area contributed by atoms with E-state index in [-0.39, 0.29) is 6.61 Å². The van der Waals surface area contributed by atoms with Crippen LogP contribution in [0.1, 0.15) is 31.9 Å². The van der Waals surface area contributed by atoms with E-state index in [0.717, 1.165) is 37.5 Å². The van der Waals surface area contributed by atoms with Gasteiger partial charge in [0.2, 0.25) is 0 Å². The number of aliphatic hydroxyl groups excluding tert-OH is 1. The first-order valence-corrected chi connectivity index (χ1v) is 5.72. The molecule has 1 aliphatic heterocycles. The minimum Gasteiger partial charge on any atom is -0.396 e. The molecule has 4 heteroatoms. The van der Waals surface area contributed by atoms with Gasteiger partial charge in [-0.15, -0.1) is 10.2 Å². The Bertz CT molecular complexity index is 333. The predicted octanol–water partition coefficient (Wildman–Crippen LogP) is 1.03. The van der Waals surface area contributed by atoms with E-state index in [1.165, 1.54) is 0 Å². The van der Waals surface area contributed by atoms with Crippen LogP contribution in [0, 0.1) is 11.8 Å². The molecule has 0 aliphatic carbocycles. The van der Waals surface area contributed by atoms with Gasteiger partial charge in [0.15, 0.2) is 0 Å². The summed E-state index contributed by atoms with van der Waals surface area (Å²) in [6.07, 6.45) is 2.92. The molecule has 1 atom stereocenters. The number of aliphatic hydroxyl groups is 1. The zero-order valence-corrected chi connectivity index (χ0v) is 9.48. The van der Waals surface area contributed by atoms with Crippen LogP contribution in [0.5, 0.6) is 0 Å². The van der Waals surface area contributed by atoms with Crippen LogP contribution in [-0.2, 0) is 19.4 Å². The Labute approximate surface area is 90.3 Å². The maximum atomic E-state index is 9.11. The van der Waals surface area contributed by atoms with Gasteiger partial charge in [-0.25, -0.2) is 0 Å². The lowest BCUT2D eigenvalue weighted by atomic mass is 9.98. The summed E-state index contributed by atoms with van der Waals surface area (Å²) in [6, 6.07) is 0. The molecule has 0 spiro atoms. The van der Waals surface area contributed by atoms with Gasteiger partial charge in [-0.1, -0.05) is 13.8 Å². The van der Waals surface area contributed by atoms with E-state index in [2.05, 4.69) is 28.6 Å². The standard InChI is InChI=1S/C11H19N3O/c1-8(2)5-10-12-13-11-6-9(7-15)3-4-14(10)11/h8-9,15H,3-7H2,1-2H3. The van der Waals surface area contributed by atoms with Crippen molar-refractivity contribution in [2.75, 3.05) is 6.61 Å². The first-order chi connectivity index (χ1) is 7.20. The lowest BCUT2D eigenvalue weighted by Gasteiger charge is -2.22. The number of nitrogens with zero attached hydrogens (tertiary/aromatic N) is 3. The van der Waals surface area contributed by atoms with Crippen molar-refractivity contribution in [3.8, 4) is 0 Å². The second-order valence-corrected chi connectivity index (χ2v) is 4.82. The fourth-order valence-electron chi connectivity index (χ4n) is 2.13. The van der Waals surface area contributed by atoms with Crippen LogP contribution in [-0.4, -0.2) is 26.5 Å². The normalized spacial score (nSPS) is 20.7. The maximum absolute atomic E-state index is 9.11. The number of hydrogen-bond acceptors (Lipinski definition) is 3. The molecule has 0 aromatic carbocycles. The van der Waals surface area contributed by atoms with Gasteiger partial charge in [-0.3, -0.25) is 0 Å². The number of hydrogen-bond donors (Lipinski definition) is 1. The van der Waals surface area contributed by atoms with Crippen LogP contribution < -0.4 is 0 Å². The van der Waals surface area contributed by atoms with E-state index < -0.39 is 0 Å². The topological polar surface area (TPSA) is 50.9 Å². The van der Waals surface area contributed by atoms with Crippen molar-refractivity contribution in [1.29, 1.82) is 0 Å². The smallest absolute Gasteiger partial charge is 0.133 e. The van der Waals surface area contributed by atoms with E-state index in [1.54, 1.807) is 0 Å². The molecule has 1 aromatic heterocycles. The molecule has 15 heavy (non-hydrogen) atoms. The Hall–Kier alpha value is -0.900. The number of rotatable bonds is 3. The Kier molecular flexibility index (Phi) is 3.05. The van der Waals surface area contributed by atoms with Crippen molar-refractivity contribution in [3.63, 3.8) is 0 Å². The van der Waals surface area contributed by atoms with E-state index >= 15 is 0 Å². The third-order valence-electron chi connectivity index (χ3n) is 2.99. The summed E-state index contributed by atoms with van der Waals surface area (Å²) in [5.74, 6) is 3.16. The lowest BCUT2D eigenvalue weighted by Crippen LogP contribution is -2.23. The molecule has 1 aliphatic rings. The fourth-order valence-corrected chi connectivity index (χ4v) is 2.13. The highest BCUT2D eigenvalue weighted by Crippen LogP contribution is 2.20. The minimum absolute atomic E-state index is 0.270. The third-order valence-corrected chi connectivity index (χ3v) is 2.99. The molecule has 84 valence electrons. The molecule has 0 saturated heterocycles. The maximum Gasteiger partial charge on any atom is 0.133 e. The van der Waals surface area contributed by atoms with Crippen LogP contribution in [0.4, 0.5) is 0 Å². The molecule has 1 unspecified atom stereocenters. The SMILES string of the molecule is CC(C)Cc1nnc2n1CCC(CO)C2. The molecule has 2 heterocycles. The van der Waals surface area contributed by atoms with Crippen molar-refractivity contribution in [2.24, 2.45) is 11.8 Å². The van der Waals surface area contributed by atoms with Gasteiger partial charge < -0.3 is 9.67 Å². The lowest BCUT2D eigenvalue weighted by molar-refractivity contribution is 0.198. The van der Waals surface area contributed by atoms with Crippen LogP contribution >= 0.6 is 0 Å². The van der Waals surface area contributed by atoms with E-state index in [1.807, 2.05) is 0 Å². The third kappa shape index (κ3) is 2.20. The van der Waals surface area contributed by atoms with Crippen LogP contribution in [0.3, 0.4) is 0 Å². The largest absolute Gasteiger partial charge is 0.396 e. The highest BCUT2D eigenvalue weighted by Gasteiger charge is 2.22. The number of fused-ring (bicyclic) bond motifs is 1. The summed E-state index contributed by atoms with van der Waals surface area (Å²) in [6.45, 7) is 5.63. The van der Waals surface area contributed by atoms with E-state index in [0.29, 0.717) is 11.8 Å². The summed E-state index contributed by atoms with van der Waals surface area (Å²) < 4.78 is 2.23. The van der Waals surface area contributed by atoms with Gasteiger partial charge in [-0.05, 0) is 18.3 Å². The number of aromatic nitrogens is 3. The molecule has 1 aromatic rings. The van der Waals surface area contributed by atoms with Crippen molar-refractivity contribution in [3.05, 3.63) is 11.6 Å². The molecule has 0 amide bonds. The first-order valence-electron chi connectivity index (χ1n) is 5.72. The molecule has 0 radical (unpaired) electrons. The highest BCUT2D eigenvalue weighted by molar-refractivity contribution is 5.01. The van der Waals surface area contributed by atoms with Crippen LogP contribution in [0.15, 0.2) is 0 Å². The summed E-state index contributed by atoms with van der Waals surface area (Å²) in [7, 11) is 0. The monoisotopic (exact) mass is 209 g/mol. The van der Waals surface area contributed by atoms with Crippen LogP contribution in [0.25, 0.3) is 0 Å². The second-order valence-electron chi connectivity index (χ2n) is 4.82. The molecule has 0 bridgehead atoms. The molecular formula is C11H19N3O. The Morgan fingerprint density at radius 2 is 2.27 bits per heavy atom. The Morgan fingerprint density at radius 1 is 1.47 bits per heavy atom. The summed E-state index contributed by atoms with van der Waals surface area (Å²) in [5.41, 5.74) is 0. The van der Waals surface area contributed by atoms with Crippen molar-refractivity contribution in [2.45, 2.75) is 39.7 Å². The predicted molar refractivity (Wildman–Crippen MR) is 57.5 cm³/mol. The second kappa shape index (κ2) is 4.31. The van der Waals surface area contributed by atoms with E-state index in [9.17, 15) is 0 Å². The van der Waals surface area contributed by atoms with E-state index in [4.69, 9.17) is 5.11 Å². The van der Waals surface area contributed by atoms with Crippen molar-refractivity contribution in [1.82, 2.24) is 14.8 Å². The zero-order chi connectivity index (χ0) is 10.8. The van der Waals surface area contributed by atoms with Gasteiger partial charge in [-0.2, -0.15) is 0 Å². The Balaban J connectivity index is 2.15. The van der Waals surface area contributed by atoms with Gasteiger partial charge in [0.1, 0.15) is 11.6 Å². The summed E-state index contributed by atoms with van der Waals surface area (Å²) >= 11 is 0. The molecule has 4 nitrogen and oxygen atoms in total. The average molecular weight is 209 g/mol. The first kappa shape index (κ1) is 10.6. The van der Waals surface area contributed by atoms with Crippen molar-refractivity contribution >= 4 is 0 Å². The fraction of sp³-hybridized carbons (Fsp3) is 0.818. The molecular weight excluding hydrogens is 190 g/mol. The summed E-state index contributed by atoms with van der Waals surface area (Å²) in [5, 5.41) is 17.6. The molecule has 1 N–H and O–H groups in total. The van der Waals surface area contributed by atoms with Gasteiger partial charge >= 0.3 is 0 Å². The molecule has 2 rings (SSSR count). The zero-order valence-electron chi connectivity index (χ0n) is 9.48. The van der Waals surface area contributed by atoms with Gasteiger partial charge in [0.25, 0.3) is 0 Å². The molecule has 0 fully saturated rings. The van der Waals surface area contributed by atoms with Gasteiger partial charge in [0, 0.05) is 26.0 Å². The minimum atomic E-state index is 0.270. The average Bonchev–Trinajstić information content (AvgIpc) is 2.60. The van der Waals surface area contributed by atoms with Crippen LogP contribution in [0.2, 0.25) is 0 Å². The quantitative estimate of drug-likeness (QED) is 0.809. The Morgan fingerprint density at radius 3 is 2.93 bits per heavy atom. The highest BCUT2D eigenvalue weighted by atomic mass is 16.3.